The van der Waals surface area contributed by atoms with Crippen LogP contribution in [0.15, 0.2) is 53.3 Å². The number of rotatable bonds is 8. The van der Waals surface area contributed by atoms with Crippen molar-refractivity contribution in [1.29, 1.82) is 0 Å². The molecular weight excluding hydrogens is 394 g/mol. The van der Waals surface area contributed by atoms with Gasteiger partial charge in [0.25, 0.3) is 5.91 Å². The third-order valence-electron chi connectivity index (χ3n) is 5.48. The van der Waals surface area contributed by atoms with Crippen LogP contribution in [0.2, 0.25) is 0 Å². The van der Waals surface area contributed by atoms with E-state index in [9.17, 15) is 4.79 Å². The summed E-state index contributed by atoms with van der Waals surface area (Å²) in [4.78, 5) is 19.4. The molecule has 1 fully saturated rings. The molecular formula is C24H27N3O4. The van der Waals surface area contributed by atoms with Crippen molar-refractivity contribution in [3.05, 3.63) is 76.9 Å². The minimum atomic E-state index is -0.0536. The average molecular weight is 421 g/mol. The first-order valence-corrected chi connectivity index (χ1v) is 10.5. The average Bonchev–Trinajstić information content (AvgIpc) is 3.42. The van der Waals surface area contributed by atoms with Crippen LogP contribution in [0.5, 0.6) is 5.75 Å². The Morgan fingerprint density at radius 2 is 2.16 bits per heavy atom. The Bertz CT molecular complexity index is 993. The summed E-state index contributed by atoms with van der Waals surface area (Å²) in [5.41, 5.74) is 3.30. The maximum absolute atomic E-state index is 13.4. The predicted octanol–water partition coefficient (Wildman–Crippen LogP) is 4.09. The SMILES string of the molecule is Cc1noc(C)c1COc1cccc(C(=O)N(Cc2cccnc2)CC2CCCO2)c1. The third-order valence-corrected chi connectivity index (χ3v) is 5.48. The van der Waals surface area contributed by atoms with Crippen molar-refractivity contribution in [2.24, 2.45) is 0 Å². The smallest absolute Gasteiger partial charge is 0.254 e. The molecule has 1 unspecified atom stereocenters. The Morgan fingerprint density at radius 1 is 1.26 bits per heavy atom. The number of carbonyl (C=O) groups is 1. The van der Waals surface area contributed by atoms with Crippen LogP contribution < -0.4 is 4.74 Å². The molecule has 1 aliphatic rings. The Kier molecular flexibility index (Phi) is 6.62. The minimum Gasteiger partial charge on any atom is -0.489 e. The number of carbonyl (C=O) groups excluding carboxylic acids is 1. The van der Waals surface area contributed by atoms with E-state index in [-0.39, 0.29) is 12.0 Å². The standard InChI is InChI=1S/C24H27N3O4/c1-17-23(18(2)31-26-17)16-30-21-8-3-7-20(12-21)24(28)27(15-22-9-5-11-29-22)14-19-6-4-10-25-13-19/h3-4,6-8,10,12-13,22H,5,9,11,14-16H2,1-2H3. The summed E-state index contributed by atoms with van der Waals surface area (Å²) in [5.74, 6) is 1.32. The number of amides is 1. The van der Waals surface area contributed by atoms with Gasteiger partial charge in [0, 0.05) is 37.7 Å². The number of aromatic nitrogens is 2. The summed E-state index contributed by atoms with van der Waals surface area (Å²) in [6.07, 6.45) is 5.59. The number of ether oxygens (including phenoxy) is 2. The van der Waals surface area contributed by atoms with E-state index in [0.29, 0.717) is 31.0 Å². The van der Waals surface area contributed by atoms with E-state index in [4.69, 9.17) is 14.0 Å². The number of pyridine rings is 1. The lowest BCUT2D eigenvalue weighted by Gasteiger charge is -2.26. The Morgan fingerprint density at radius 3 is 2.87 bits per heavy atom. The summed E-state index contributed by atoms with van der Waals surface area (Å²) in [6.45, 7) is 5.88. The third kappa shape index (κ3) is 5.30. The quantitative estimate of drug-likeness (QED) is 0.545. The van der Waals surface area contributed by atoms with Gasteiger partial charge in [-0.25, -0.2) is 0 Å². The van der Waals surface area contributed by atoms with Gasteiger partial charge in [0.1, 0.15) is 18.1 Å². The number of aryl methyl sites for hydroxylation is 2. The molecule has 7 nitrogen and oxygen atoms in total. The summed E-state index contributed by atoms with van der Waals surface area (Å²) < 4.78 is 16.9. The monoisotopic (exact) mass is 421 g/mol. The normalized spacial score (nSPS) is 15.7. The maximum atomic E-state index is 13.4. The summed E-state index contributed by atoms with van der Waals surface area (Å²) in [7, 11) is 0. The predicted molar refractivity (Wildman–Crippen MR) is 115 cm³/mol. The second-order valence-corrected chi connectivity index (χ2v) is 7.80. The fraction of sp³-hybridized carbons (Fsp3) is 0.375. The zero-order valence-corrected chi connectivity index (χ0v) is 17.9. The topological polar surface area (TPSA) is 77.7 Å². The molecule has 7 heteroatoms. The van der Waals surface area contributed by atoms with Gasteiger partial charge < -0.3 is 18.9 Å². The second kappa shape index (κ2) is 9.75. The van der Waals surface area contributed by atoms with Gasteiger partial charge >= 0.3 is 0 Å². The Labute approximate surface area is 182 Å². The molecule has 162 valence electrons. The highest BCUT2D eigenvalue weighted by atomic mass is 16.5. The van der Waals surface area contributed by atoms with Gasteiger partial charge in [-0.1, -0.05) is 17.3 Å². The second-order valence-electron chi connectivity index (χ2n) is 7.80. The van der Waals surface area contributed by atoms with Crippen LogP contribution >= 0.6 is 0 Å². The lowest BCUT2D eigenvalue weighted by molar-refractivity contribution is 0.0506. The molecule has 0 radical (unpaired) electrons. The molecule has 1 aliphatic heterocycles. The van der Waals surface area contributed by atoms with Crippen molar-refractivity contribution in [3.63, 3.8) is 0 Å². The molecule has 1 aromatic carbocycles. The first kappa shape index (κ1) is 21.1. The van der Waals surface area contributed by atoms with Gasteiger partial charge in [0.05, 0.1) is 17.4 Å². The fourth-order valence-electron chi connectivity index (χ4n) is 3.73. The van der Waals surface area contributed by atoms with Gasteiger partial charge in [-0.05, 0) is 56.5 Å². The van der Waals surface area contributed by atoms with Crippen LogP contribution in [-0.2, 0) is 17.9 Å². The molecule has 3 aromatic rings. The molecule has 4 rings (SSSR count). The lowest BCUT2D eigenvalue weighted by atomic mass is 10.1. The van der Waals surface area contributed by atoms with E-state index in [1.165, 1.54) is 0 Å². The highest BCUT2D eigenvalue weighted by molar-refractivity contribution is 5.94. The molecule has 0 spiro atoms. The van der Waals surface area contributed by atoms with Gasteiger partial charge in [-0.2, -0.15) is 0 Å². The molecule has 1 atom stereocenters. The fourth-order valence-corrected chi connectivity index (χ4v) is 3.73. The molecule has 1 saturated heterocycles. The number of nitrogens with zero attached hydrogens (tertiary/aromatic N) is 3. The first-order chi connectivity index (χ1) is 15.1. The molecule has 0 bridgehead atoms. The minimum absolute atomic E-state index is 0.0536. The summed E-state index contributed by atoms with van der Waals surface area (Å²) in [6, 6.07) is 11.1. The molecule has 2 aromatic heterocycles. The van der Waals surface area contributed by atoms with Crippen LogP contribution in [0.25, 0.3) is 0 Å². The zero-order chi connectivity index (χ0) is 21.6. The lowest BCUT2D eigenvalue weighted by Crippen LogP contribution is -2.37. The van der Waals surface area contributed by atoms with Crippen LogP contribution in [0.1, 0.15) is 45.8 Å². The number of benzene rings is 1. The summed E-state index contributed by atoms with van der Waals surface area (Å²) >= 11 is 0. The maximum Gasteiger partial charge on any atom is 0.254 e. The highest BCUT2D eigenvalue weighted by Crippen LogP contribution is 2.21. The van der Waals surface area contributed by atoms with Crippen molar-refractivity contribution in [3.8, 4) is 5.75 Å². The Balaban J connectivity index is 1.49. The van der Waals surface area contributed by atoms with E-state index in [0.717, 1.165) is 42.0 Å². The summed E-state index contributed by atoms with van der Waals surface area (Å²) in [5, 5.41) is 3.95. The molecule has 0 aliphatic carbocycles. The van der Waals surface area contributed by atoms with Gasteiger partial charge in [-0.15, -0.1) is 0 Å². The largest absolute Gasteiger partial charge is 0.489 e. The molecule has 31 heavy (non-hydrogen) atoms. The van der Waals surface area contributed by atoms with E-state index in [2.05, 4.69) is 10.1 Å². The number of hydrogen-bond donors (Lipinski definition) is 0. The zero-order valence-electron chi connectivity index (χ0n) is 17.9. The van der Waals surface area contributed by atoms with Crippen LogP contribution in [0.3, 0.4) is 0 Å². The van der Waals surface area contributed by atoms with E-state index >= 15 is 0 Å². The van der Waals surface area contributed by atoms with Gasteiger partial charge in [-0.3, -0.25) is 9.78 Å². The van der Waals surface area contributed by atoms with Crippen molar-refractivity contribution in [1.82, 2.24) is 15.0 Å². The Hall–Kier alpha value is -3.19. The molecule has 0 N–H and O–H groups in total. The molecule has 3 heterocycles. The van der Waals surface area contributed by atoms with Gasteiger partial charge in [0.2, 0.25) is 0 Å². The van der Waals surface area contributed by atoms with Crippen LogP contribution in [0, 0.1) is 13.8 Å². The van der Waals surface area contributed by atoms with E-state index in [1.807, 2.05) is 49.1 Å². The van der Waals surface area contributed by atoms with E-state index in [1.54, 1.807) is 18.5 Å². The molecule has 1 amide bonds. The van der Waals surface area contributed by atoms with Crippen molar-refractivity contribution >= 4 is 5.91 Å². The highest BCUT2D eigenvalue weighted by Gasteiger charge is 2.24. The van der Waals surface area contributed by atoms with Crippen molar-refractivity contribution in [2.75, 3.05) is 13.2 Å². The first-order valence-electron chi connectivity index (χ1n) is 10.5. The van der Waals surface area contributed by atoms with Crippen molar-refractivity contribution < 1.29 is 18.8 Å². The molecule has 0 saturated carbocycles. The number of hydrogen-bond acceptors (Lipinski definition) is 6. The van der Waals surface area contributed by atoms with E-state index < -0.39 is 0 Å². The van der Waals surface area contributed by atoms with Crippen LogP contribution in [0.4, 0.5) is 0 Å². The van der Waals surface area contributed by atoms with Gasteiger partial charge in [0.15, 0.2) is 0 Å². The van der Waals surface area contributed by atoms with Crippen LogP contribution in [-0.4, -0.2) is 40.2 Å². The van der Waals surface area contributed by atoms with Crippen molar-refractivity contribution in [2.45, 2.75) is 45.9 Å².